The van der Waals surface area contributed by atoms with Crippen LogP contribution in [-0.2, 0) is 16.1 Å². The van der Waals surface area contributed by atoms with Crippen LogP contribution >= 0.6 is 0 Å². The lowest BCUT2D eigenvalue weighted by atomic mass is 10.0. The molecule has 1 saturated heterocycles. The van der Waals surface area contributed by atoms with Crippen molar-refractivity contribution in [2.45, 2.75) is 39.3 Å². The molecule has 2 N–H and O–H groups in total. The fourth-order valence-corrected chi connectivity index (χ4v) is 3.42. The summed E-state index contributed by atoms with van der Waals surface area (Å²) >= 11 is 0. The molecule has 0 radical (unpaired) electrons. The van der Waals surface area contributed by atoms with Gasteiger partial charge in [-0.1, -0.05) is 26.0 Å². The van der Waals surface area contributed by atoms with Crippen LogP contribution in [0.15, 0.2) is 48.5 Å². The zero-order chi connectivity index (χ0) is 21.7. The molecule has 158 valence electrons. The summed E-state index contributed by atoms with van der Waals surface area (Å²) < 4.78 is 13.1. The summed E-state index contributed by atoms with van der Waals surface area (Å²) in [7, 11) is 0. The van der Waals surface area contributed by atoms with Gasteiger partial charge in [0.2, 0.25) is 11.8 Å². The van der Waals surface area contributed by atoms with Crippen LogP contribution in [0.3, 0.4) is 0 Å². The normalized spacial score (nSPS) is 14.7. The topological polar surface area (TPSA) is 78.5 Å². The molecule has 1 heterocycles. The number of halogens is 1. The molecule has 1 unspecified atom stereocenters. The number of benzene rings is 2. The molecule has 1 aliphatic rings. The van der Waals surface area contributed by atoms with Gasteiger partial charge in [-0.25, -0.2) is 4.39 Å². The fourth-order valence-electron chi connectivity index (χ4n) is 3.42. The molecule has 7 heteroatoms. The number of carbonyl (C=O) groups excluding carboxylic acids is 3. The van der Waals surface area contributed by atoms with E-state index in [1.165, 1.54) is 24.3 Å². The second kappa shape index (κ2) is 9.52. The van der Waals surface area contributed by atoms with Crippen molar-refractivity contribution in [2.24, 2.45) is 5.92 Å². The van der Waals surface area contributed by atoms with Crippen LogP contribution in [0.2, 0.25) is 0 Å². The van der Waals surface area contributed by atoms with Crippen molar-refractivity contribution in [1.82, 2.24) is 10.6 Å². The van der Waals surface area contributed by atoms with Gasteiger partial charge in [0, 0.05) is 30.8 Å². The van der Waals surface area contributed by atoms with Crippen molar-refractivity contribution >= 4 is 23.4 Å². The molecule has 0 aliphatic carbocycles. The Labute approximate surface area is 175 Å². The molecule has 1 fully saturated rings. The molecule has 3 rings (SSSR count). The average molecular weight is 411 g/mol. The van der Waals surface area contributed by atoms with E-state index in [0.717, 1.165) is 17.7 Å². The summed E-state index contributed by atoms with van der Waals surface area (Å²) in [4.78, 5) is 38.8. The second-order valence-electron chi connectivity index (χ2n) is 7.74. The molecule has 3 amide bonds. The first-order chi connectivity index (χ1) is 14.3. The molecule has 0 spiro atoms. The molecule has 0 saturated carbocycles. The van der Waals surface area contributed by atoms with Crippen molar-refractivity contribution in [3.63, 3.8) is 0 Å². The van der Waals surface area contributed by atoms with Gasteiger partial charge in [-0.05, 0) is 54.3 Å². The first-order valence-electron chi connectivity index (χ1n) is 10.1. The van der Waals surface area contributed by atoms with E-state index in [-0.39, 0.29) is 29.8 Å². The number of anilines is 1. The lowest BCUT2D eigenvalue weighted by molar-refractivity contribution is -0.124. The number of hydrogen-bond donors (Lipinski definition) is 2. The minimum atomic E-state index is -0.731. The summed E-state index contributed by atoms with van der Waals surface area (Å²) in [5, 5.41) is 5.58. The molecule has 2 aromatic carbocycles. The van der Waals surface area contributed by atoms with E-state index in [2.05, 4.69) is 10.6 Å². The first-order valence-corrected chi connectivity index (χ1v) is 10.1. The summed E-state index contributed by atoms with van der Waals surface area (Å²) in [6.07, 6.45) is 1.41. The quantitative estimate of drug-likeness (QED) is 0.735. The number of carbonyl (C=O) groups is 3. The van der Waals surface area contributed by atoms with Gasteiger partial charge in [-0.3, -0.25) is 14.4 Å². The van der Waals surface area contributed by atoms with Gasteiger partial charge in [0.1, 0.15) is 11.9 Å². The standard InChI is InChI=1S/C23H26FN3O3/c1-15(2)21(26-22(29)17-8-10-18(24)11-9-17)23(30)25-14-16-5-3-6-19(13-16)27-12-4-7-20(27)28/h3,5-6,8-11,13,15,21H,4,7,12,14H2,1-2H3,(H,25,30)(H,26,29). The van der Waals surface area contributed by atoms with Crippen LogP contribution in [0, 0.1) is 11.7 Å². The van der Waals surface area contributed by atoms with Crippen LogP contribution in [0.4, 0.5) is 10.1 Å². The highest BCUT2D eigenvalue weighted by Crippen LogP contribution is 2.22. The largest absolute Gasteiger partial charge is 0.350 e. The maximum absolute atomic E-state index is 13.1. The Morgan fingerprint density at radius 3 is 2.50 bits per heavy atom. The van der Waals surface area contributed by atoms with Crippen LogP contribution in [0.25, 0.3) is 0 Å². The smallest absolute Gasteiger partial charge is 0.251 e. The highest BCUT2D eigenvalue weighted by Gasteiger charge is 2.25. The van der Waals surface area contributed by atoms with Crippen molar-refractivity contribution < 1.29 is 18.8 Å². The highest BCUT2D eigenvalue weighted by atomic mass is 19.1. The fraction of sp³-hybridized carbons (Fsp3) is 0.348. The van der Waals surface area contributed by atoms with Gasteiger partial charge in [0.15, 0.2) is 0 Å². The molecule has 0 aromatic heterocycles. The first kappa shape index (κ1) is 21.5. The van der Waals surface area contributed by atoms with Crippen LogP contribution < -0.4 is 15.5 Å². The molecule has 1 aliphatic heterocycles. The molecule has 6 nitrogen and oxygen atoms in total. The lowest BCUT2D eigenvalue weighted by Crippen LogP contribution is -2.49. The van der Waals surface area contributed by atoms with Crippen molar-refractivity contribution in [3.8, 4) is 0 Å². The Kier molecular flexibility index (Phi) is 6.82. The van der Waals surface area contributed by atoms with E-state index in [1.807, 2.05) is 38.1 Å². The number of rotatable bonds is 7. The Bertz CT molecular complexity index is 928. The summed E-state index contributed by atoms with van der Waals surface area (Å²) in [6.45, 7) is 4.67. The van der Waals surface area contributed by atoms with E-state index in [1.54, 1.807) is 4.90 Å². The second-order valence-corrected chi connectivity index (χ2v) is 7.74. The van der Waals surface area contributed by atoms with E-state index in [0.29, 0.717) is 13.0 Å². The SMILES string of the molecule is CC(C)C(NC(=O)c1ccc(F)cc1)C(=O)NCc1cccc(N2CCCC2=O)c1. The molecule has 2 aromatic rings. The predicted octanol–water partition coefficient (Wildman–Crippen LogP) is 3.02. The maximum atomic E-state index is 13.1. The summed E-state index contributed by atoms with van der Waals surface area (Å²) in [6, 6.07) is 12.0. The van der Waals surface area contributed by atoms with Crippen molar-refractivity contribution in [2.75, 3.05) is 11.4 Å². The average Bonchev–Trinajstić information content (AvgIpc) is 3.16. The Morgan fingerprint density at radius 1 is 1.13 bits per heavy atom. The van der Waals surface area contributed by atoms with Crippen LogP contribution in [-0.4, -0.2) is 30.3 Å². The molecule has 30 heavy (non-hydrogen) atoms. The van der Waals surface area contributed by atoms with E-state index in [4.69, 9.17) is 0 Å². The van der Waals surface area contributed by atoms with Gasteiger partial charge >= 0.3 is 0 Å². The summed E-state index contributed by atoms with van der Waals surface area (Å²) in [5.74, 6) is -1.19. The van der Waals surface area contributed by atoms with E-state index < -0.39 is 17.8 Å². The Morgan fingerprint density at radius 2 is 1.87 bits per heavy atom. The molecule has 1 atom stereocenters. The number of nitrogens with one attached hydrogen (secondary N) is 2. The maximum Gasteiger partial charge on any atom is 0.251 e. The third-order valence-electron chi connectivity index (χ3n) is 5.10. The number of nitrogens with zero attached hydrogens (tertiary/aromatic N) is 1. The predicted molar refractivity (Wildman–Crippen MR) is 112 cm³/mol. The Balaban J connectivity index is 1.62. The van der Waals surface area contributed by atoms with E-state index >= 15 is 0 Å². The number of amides is 3. The van der Waals surface area contributed by atoms with Crippen LogP contribution in [0.1, 0.15) is 42.6 Å². The highest BCUT2D eigenvalue weighted by molar-refractivity contribution is 5.97. The van der Waals surface area contributed by atoms with Gasteiger partial charge in [0.25, 0.3) is 5.91 Å². The molecule has 0 bridgehead atoms. The monoisotopic (exact) mass is 411 g/mol. The van der Waals surface area contributed by atoms with Gasteiger partial charge in [-0.15, -0.1) is 0 Å². The lowest BCUT2D eigenvalue weighted by Gasteiger charge is -2.22. The minimum absolute atomic E-state index is 0.111. The number of hydrogen-bond acceptors (Lipinski definition) is 3. The van der Waals surface area contributed by atoms with Crippen LogP contribution in [0.5, 0.6) is 0 Å². The van der Waals surface area contributed by atoms with Gasteiger partial charge in [0.05, 0.1) is 0 Å². The molecular weight excluding hydrogens is 385 g/mol. The zero-order valence-electron chi connectivity index (χ0n) is 17.2. The third-order valence-corrected chi connectivity index (χ3v) is 5.10. The third kappa shape index (κ3) is 5.23. The Hall–Kier alpha value is -3.22. The molecular formula is C23H26FN3O3. The zero-order valence-corrected chi connectivity index (χ0v) is 17.2. The van der Waals surface area contributed by atoms with Gasteiger partial charge in [-0.2, -0.15) is 0 Å². The van der Waals surface area contributed by atoms with Crippen molar-refractivity contribution in [3.05, 3.63) is 65.5 Å². The summed E-state index contributed by atoms with van der Waals surface area (Å²) in [5.41, 5.74) is 1.99. The minimum Gasteiger partial charge on any atom is -0.350 e. The van der Waals surface area contributed by atoms with Crippen molar-refractivity contribution in [1.29, 1.82) is 0 Å². The van der Waals surface area contributed by atoms with Gasteiger partial charge < -0.3 is 15.5 Å². The van der Waals surface area contributed by atoms with E-state index in [9.17, 15) is 18.8 Å².